The minimum atomic E-state index is 0.0894. The highest BCUT2D eigenvalue weighted by Crippen LogP contribution is 2.33. The zero-order valence-corrected chi connectivity index (χ0v) is 15.1. The van der Waals surface area contributed by atoms with Crippen LogP contribution in [0.1, 0.15) is 54.9 Å². The molecule has 6 heteroatoms. The molecule has 0 bridgehead atoms. The van der Waals surface area contributed by atoms with Crippen molar-refractivity contribution in [2.45, 2.75) is 45.6 Å². The Bertz CT molecular complexity index is 719. The van der Waals surface area contributed by atoms with Gasteiger partial charge in [0.15, 0.2) is 0 Å². The lowest BCUT2D eigenvalue weighted by Gasteiger charge is -2.37. The molecule has 1 saturated heterocycles. The number of aromatic nitrogens is 2. The lowest BCUT2D eigenvalue weighted by molar-refractivity contribution is 0.0493. The van der Waals surface area contributed by atoms with E-state index in [0.717, 1.165) is 33.6 Å². The van der Waals surface area contributed by atoms with E-state index in [2.05, 4.69) is 25.9 Å². The number of amides is 1. The summed E-state index contributed by atoms with van der Waals surface area (Å²) in [7, 11) is 1.93. The summed E-state index contributed by atoms with van der Waals surface area (Å²) in [5.74, 6) is 0.632. The summed E-state index contributed by atoms with van der Waals surface area (Å²) < 4.78 is 1.88. The van der Waals surface area contributed by atoms with Gasteiger partial charge in [-0.2, -0.15) is 5.10 Å². The molecule has 0 radical (unpaired) electrons. The van der Waals surface area contributed by atoms with Gasteiger partial charge < -0.3 is 10.0 Å². The van der Waals surface area contributed by atoms with Gasteiger partial charge in [0.05, 0.1) is 10.6 Å². The van der Waals surface area contributed by atoms with Crippen molar-refractivity contribution in [2.24, 2.45) is 13.0 Å². The van der Waals surface area contributed by atoms with Gasteiger partial charge >= 0.3 is 0 Å². The lowest BCUT2D eigenvalue weighted by atomic mass is 9.94. The number of carbonyl (C=O) groups excluding carboxylic acids is 1. The molecule has 5 nitrogen and oxygen atoms in total. The Morgan fingerprint density at radius 3 is 2.87 bits per heavy atom. The number of aliphatic hydroxyl groups is 1. The summed E-state index contributed by atoms with van der Waals surface area (Å²) in [6.45, 7) is 7.16. The predicted molar refractivity (Wildman–Crippen MR) is 93.0 cm³/mol. The number of aryl methyl sites for hydroxylation is 1. The molecule has 0 aliphatic carbocycles. The molecule has 1 N–H and O–H groups in total. The van der Waals surface area contributed by atoms with Crippen LogP contribution in [-0.2, 0) is 7.05 Å². The molecule has 3 rings (SSSR count). The van der Waals surface area contributed by atoms with Crippen LogP contribution < -0.4 is 0 Å². The number of rotatable bonds is 3. The first-order valence-electron chi connectivity index (χ1n) is 8.30. The van der Waals surface area contributed by atoms with Crippen molar-refractivity contribution >= 4 is 27.5 Å². The number of piperidine rings is 1. The molecule has 2 aromatic heterocycles. The third kappa shape index (κ3) is 2.90. The van der Waals surface area contributed by atoms with Crippen molar-refractivity contribution in [1.29, 1.82) is 0 Å². The fraction of sp³-hybridized carbons (Fsp3) is 0.647. The van der Waals surface area contributed by atoms with E-state index in [9.17, 15) is 9.90 Å². The van der Waals surface area contributed by atoms with Crippen molar-refractivity contribution in [2.75, 3.05) is 13.2 Å². The topological polar surface area (TPSA) is 58.4 Å². The van der Waals surface area contributed by atoms with Gasteiger partial charge in [0.25, 0.3) is 5.91 Å². The Hall–Kier alpha value is -1.40. The molecule has 2 atom stereocenters. The highest BCUT2D eigenvalue weighted by atomic mass is 32.1. The zero-order chi connectivity index (χ0) is 16.7. The molecule has 1 fully saturated rings. The fourth-order valence-electron chi connectivity index (χ4n) is 3.35. The Labute approximate surface area is 140 Å². The largest absolute Gasteiger partial charge is 0.396 e. The molecule has 0 spiro atoms. The number of thiophene rings is 1. The lowest BCUT2D eigenvalue weighted by Crippen LogP contribution is -2.46. The summed E-state index contributed by atoms with van der Waals surface area (Å²) in [6, 6.07) is 2.23. The summed E-state index contributed by atoms with van der Waals surface area (Å²) in [5, 5.41) is 15.1. The van der Waals surface area contributed by atoms with Crippen molar-refractivity contribution in [3.8, 4) is 0 Å². The highest BCUT2D eigenvalue weighted by Gasteiger charge is 2.30. The Kier molecular flexibility index (Phi) is 4.47. The number of hydrogen-bond donors (Lipinski definition) is 1. The Balaban J connectivity index is 1.93. The van der Waals surface area contributed by atoms with Crippen LogP contribution in [0.15, 0.2) is 6.07 Å². The second-order valence-corrected chi connectivity index (χ2v) is 7.96. The Morgan fingerprint density at radius 1 is 1.48 bits per heavy atom. The van der Waals surface area contributed by atoms with Gasteiger partial charge in [-0.25, -0.2) is 0 Å². The van der Waals surface area contributed by atoms with Crippen molar-refractivity contribution in [3.63, 3.8) is 0 Å². The van der Waals surface area contributed by atoms with E-state index in [4.69, 9.17) is 0 Å². The van der Waals surface area contributed by atoms with Crippen LogP contribution in [0.5, 0.6) is 0 Å². The summed E-state index contributed by atoms with van der Waals surface area (Å²) in [5.41, 5.74) is 1.05. The van der Waals surface area contributed by atoms with Gasteiger partial charge in [0.1, 0.15) is 4.83 Å². The molecule has 0 aromatic carbocycles. The third-order valence-electron chi connectivity index (χ3n) is 4.80. The molecule has 2 aromatic rings. The maximum atomic E-state index is 13.0. The molecule has 0 saturated carbocycles. The number of fused-ring (bicyclic) bond motifs is 1. The average molecular weight is 335 g/mol. The van der Waals surface area contributed by atoms with Crippen LogP contribution in [0.4, 0.5) is 0 Å². The van der Waals surface area contributed by atoms with E-state index in [1.807, 2.05) is 22.7 Å². The Morgan fingerprint density at radius 2 is 2.22 bits per heavy atom. The first-order chi connectivity index (χ1) is 10.9. The number of carbonyl (C=O) groups is 1. The van der Waals surface area contributed by atoms with Gasteiger partial charge in [-0.3, -0.25) is 9.48 Å². The minimum Gasteiger partial charge on any atom is -0.396 e. The van der Waals surface area contributed by atoms with E-state index in [1.165, 1.54) is 11.3 Å². The monoisotopic (exact) mass is 335 g/mol. The molecule has 1 amide bonds. The number of likely N-dealkylation sites (tertiary alicyclic amines) is 1. The van der Waals surface area contributed by atoms with Gasteiger partial charge in [-0.15, -0.1) is 11.3 Å². The maximum absolute atomic E-state index is 13.0. The van der Waals surface area contributed by atoms with Gasteiger partial charge in [0, 0.05) is 31.6 Å². The molecular weight excluding hydrogens is 310 g/mol. The standard InChI is InChI=1S/C17H25N3O2S/c1-10(2)15-13-7-14(23-17(13)19(4)18-15)16(22)20-8-12(9-21)6-5-11(20)3/h7,10-12,21H,5-6,8-9H2,1-4H3. The highest BCUT2D eigenvalue weighted by molar-refractivity contribution is 7.20. The van der Waals surface area contributed by atoms with Crippen LogP contribution in [0.2, 0.25) is 0 Å². The number of aliphatic hydroxyl groups excluding tert-OH is 1. The average Bonchev–Trinajstić information content (AvgIpc) is 3.08. The molecule has 1 aliphatic rings. The number of hydrogen-bond acceptors (Lipinski definition) is 4. The van der Waals surface area contributed by atoms with E-state index in [0.29, 0.717) is 12.5 Å². The summed E-state index contributed by atoms with van der Waals surface area (Å²) in [6.07, 6.45) is 1.95. The SMILES string of the molecule is CC(C)c1nn(C)c2sc(C(=O)N3CC(CO)CCC3C)cc12. The second kappa shape index (κ2) is 6.24. The van der Waals surface area contributed by atoms with Crippen molar-refractivity contribution in [3.05, 3.63) is 16.6 Å². The van der Waals surface area contributed by atoms with Crippen LogP contribution in [-0.4, -0.2) is 44.9 Å². The van der Waals surface area contributed by atoms with Crippen LogP contribution in [0.3, 0.4) is 0 Å². The van der Waals surface area contributed by atoms with E-state index < -0.39 is 0 Å². The minimum absolute atomic E-state index is 0.0894. The molecule has 1 aliphatic heterocycles. The van der Waals surface area contributed by atoms with E-state index >= 15 is 0 Å². The zero-order valence-electron chi connectivity index (χ0n) is 14.2. The molecule has 2 unspecified atom stereocenters. The summed E-state index contributed by atoms with van der Waals surface area (Å²) in [4.78, 5) is 16.7. The second-order valence-electron chi connectivity index (χ2n) is 6.93. The first-order valence-corrected chi connectivity index (χ1v) is 9.12. The smallest absolute Gasteiger partial charge is 0.264 e. The number of nitrogens with zero attached hydrogens (tertiary/aromatic N) is 3. The molecular formula is C17H25N3O2S. The molecule has 126 valence electrons. The van der Waals surface area contributed by atoms with E-state index in [-0.39, 0.29) is 24.5 Å². The van der Waals surface area contributed by atoms with Gasteiger partial charge in [0.2, 0.25) is 0 Å². The normalized spacial score (nSPS) is 22.3. The molecule has 23 heavy (non-hydrogen) atoms. The van der Waals surface area contributed by atoms with E-state index in [1.54, 1.807) is 0 Å². The quantitative estimate of drug-likeness (QED) is 0.938. The van der Waals surface area contributed by atoms with Crippen molar-refractivity contribution < 1.29 is 9.90 Å². The van der Waals surface area contributed by atoms with Gasteiger partial charge in [-0.05, 0) is 37.7 Å². The third-order valence-corrected chi connectivity index (χ3v) is 5.99. The van der Waals surface area contributed by atoms with Gasteiger partial charge in [-0.1, -0.05) is 13.8 Å². The van der Waals surface area contributed by atoms with Crippen LogP contribution >= 0.6 is 11.3 Å². The maximum Gasteiger partial charge on any atom is 0.264 e. The molecule has 3 heterocycles. The fourth-order valence-corrected chi connectivity index (χ4v) is 4.39. The van der Waals surface area contributed by atoms with Crippen LogP contribution in [0, 0.1) is 5.92 Å². The summed E-state index contributed by atoms with van der Waals surface area (Å²) >= 11 is 1.52. The first kappa shape index (κ1) is 16.5. The van der Waals surface area contributed by atoms with Crippen LogP contribution in [0.25, 0.3) is 10.2 Å². The predicted octanol–water partition coefficient (Wildman–Crippen LogP) is 2.99. The van der Waals surface area contributed by atoms with Crippen molar-refractivity contribution in [1.82, 2.24) is 14.7 Å².